The molecule has 22 heavy (non-hydrogen) atoms. The van der Waals surface area contributed by atoms with Crippen LogP contribution in [0.15, 0.2) is 42.5 Å². The molecular formula is C19H27NO2. The maximum Gasteiger partial charge on any atom is 0.267 e. The molecule has 0 aliphatic carbocycles. The Labute approximate surface area is 133 Å². The van der Waals surface area contributed by atoms with E-state index in [1.165, 1.54) is 50.2 Å². The van der Waals surface area contributed by atoms with Crippen molar-refractivity contribution in [3.63, 3.8) is 0 Å². The number of allylic oxidation sites excluding steroid dienone is 2. The van der Waals surface area contributed by atoms with E-state index in [1.807, 2.05) is 6.08 Å². The number of carbonyl (C=O) groups is 1. The molecule has 0 fully saturated rings. The zero-order valence-electron chi connectivity index (χ0n) is 13.4. The summed E-state index contributed by atoms with van der Waals surface area (Å²) in [5.74, 6) is -0.529. The average Bonchev–Trinajstić information content (AvgIpc) is 2.55. The normalized spacial score (nSPS) is 11.4. The van der Waals surface area contributed by atoms with Gasteiger partial charge in [0.2, 0.25) is 0 Å². The first-order valence-corrected chi connectivity index (χ1v) is 8.14. The lowest BCUT2D eigenvalue weighted by molar-refractivity contribution is -0.124. The van der Waals surface area contributed by atoms with Crippen LogP contribution in [0.1, 0.15) is 56.6 Å². The number of hydrogen-bond acceptors (Lipinski definition) is 2. The second kappa shape index (κ2) is 11.8. The standard InChI is InChI=1S/C19H27NO2/c1-2-3-4-5-6-7-10-17-13-15-18(16-14-17)11-8-9-12-19(21)20-22/h8-9,11-16,22H,2-7,10H2,1H3,(H,20,21)/b11-8+,12-9+. The van der Waals surface area contributed by atoms with Crippen molar-refractivity contribution in [3.8, 4) is 0 Å². The molecule has 0 unspecified atom stereocenters. The summed E-state index contributed by atoms with van der Waals surface area (Å²) in [5.41, 5.74) is 4.02. The first-order chi connectivity index (χ1) is 10.8. The van der Waals surface area contributed by atoms with Crippen molar-refractivity contribution in [1.82, 2.24) is 5.48 Å². The van der Waals surface area contributed by atoms with Crippen LogP contribution < -0.4 is 5.48 Å². The third-order valence-electron chi connectivity index (χ3n) is 3.56. The van der Waals surface area contributed by atoms with Crippen LogP contribution in [-0.2, 0) is 11.2 Å². The minimum absolute atomic E-state index is 0.529. The van der Waals surface area contributed by atoms with Crippen molar-refractivity contribution in [2.45, 2.75) is 51.9 Å². The van der Waals surface area contributed by atoms with Crippen molar-refractivity contribution in [3.05, 3.63) is 53.6 Å². The topological polar surface area (TPSA) is 49.3 Å². The highest BCUT2D eigenvalue weighted by Gasteiger charge is 1.94. The van der Waals surface area contributed by atoms with Gasteiger partial charge in [-0.05, 0) is 24.0 Å². The molecule has 1 amide bonds. The Morgan fingerprint density at radius 3 is 2.41 bits per heavy atom. The molecule has 0 saturated heterocycles. The number of hydroxylamine groups is 1. The minimum atomic E-state index is -0.529. The van der Waals surface area contributed by atoms with Gasteiger partial charge in [-0.1, -0.05) is 81.5 Å². The number of hydrogen-bond donors (Lipinski definition) is 2. The van der Waals surface area contributed by atoms with Gasteiger partial charge in [-0.3, -0.25) is 10.0 Å². The van der Waals surface area contributed by atoms with Crippen LogP contribution in [0.5, 0.6) is 0 Å². The van der Waals surface area contributed by atoms with E-state index in [0.29, 0.717) is 0 Å². The van der Waals surface area contributed by atoms with Gasteiger partial charge in [-0.25, -0.2) is 5.48 Å². The lowest BCUT2D eigenvalue weighted by Gasteiger charge is -2.02. The van der Waals surface area contributed by atoms with Gasteiger partial charge >= 0.3 is 0 Å². The fourth-order valence-electron chi connectivity index (χ4n) is 2.25. The molecule has 120 valence electrons. The fraction of sp³-hybridized carbons (Fsp3) is 0.421. The van der Waals surface area contributed by atoms with Crippen LogP contribution in [0.3, 0.4) is 0 Å². The Hall–Kier alpha value is -1.87. The molecule has 0 aliphatic heterocycles. The number of benzene rings is 1. The number of rotatable bonds is 10. The Bertz CT molecular complexity index is 475. The molecule has 0 heterocycles. The number of amides is 1. The Morgan fingerprint density at radius 1 is 1.05 bits per heavy atom. The highest BCUT2D eigenvalue weighted by molar-refractivity contribution is 5.86. The van der Waals surface area contributed by atoms with E-state index in [9.17, 15) is 4.79 Å². The maximum absolute atomic E-state index is 10.8. The van der Waals surface area contributed by atoms with Crippen LogP contribution in [-0.4, -0.2) is 11.1 Å². The van der Waals surface area contributed by atoms with E-state index in [-0.39, 0.29) is 0 Å². The Balaban J connectivity index is 2.29. The SMILES string of the molecule is CCCCCCCCc1ccc(/C=C/C=C/C(=O)NO)cc1. The van der Waals surface area contributed by atoms with E-state index in [4.69, 9.17) is 5.21 Å². The molecular weight excluding hydrogens is 274 g/mol. The van der Waals surface area contributed by atoms with Crippen LogP contribution >= 0.6 is 0 Å². The summed E-state index contributed by atoms with van der Waals surface area (Å²) < 4.78 is 0. The van der Waals surface area contributed by atoms with E-state index < -0.39 is 5.91 Å². The van der Waals surface area contributed by atoms with Gasteiger partial charge in [-0.15, -0.1) is 0 Å². The van der Waals surface area contributed by atoms with Gasteiger partial charge in [0.25, 0.3) is 5.91 Å². The van der Waals surface area contributed by atoms with Gasteiger partial charge in [0.05, 0.1) is 0 Å². The number of nitrogens with one attached hydrogen (secondary N) is 1. The zero-order chi connectivity index (χ0) is 16.0. The van der Waals surface area contributed by atoms with E-state index in [0.717, 1.165) is 12.0 Å². The zero-order valence-corrected chi connectivity index (χ0v) is 13.4. The minimum Gasteiger partial charge on any atom is -0.288 e. The molecule has 0 spiro atoms. The Kier molecular flexibility index (Phi) is 9.71. The Morgan fingerprint density at radius 2 is 1.73 bits per heavy atom. The summed E-state index contributed by atoms with van der Waals surface area (Å²) >= 11 is 0. The third kappa shape index (κ3) is 8.42. The number of unbranched alkanes of at least 4 members (excludes halogenated alkanes) is 5. The van der Waals surface area contributed by atoms with Crippen LogP contribution in [0, 0.1) is 0 Å². The van der Waals surface area contributed by atoms with Crippen LogP contribution in [0.4, 0.5) is 0 Å². The smallest absolute Gasteiger partial charge is 0.267 e. The average molecular weight is 301 g/mol. The van der Waals surface area contributed by atoms with Gasteiger partial charge in [0.15, 0.2) is 0 Å². The molecule has 3 heteroatoms. The summed E-state index contributed by atoms with van der Waals surface area (Å²) in [6, 6.07) is 8.50. The summed E-state index contributed by atoms with van der Waals surface area (Å²) in [6.07, 6.45) is 15.7. The predicted octanol–water partition coefficient (Wildman–Crippen LogP) is 4.66. The molecule has 0 aromatic heterocycles. The highest BCUT2D eigenvalue weighted by Crippen LogP contribution is 2.11. The number of carbonyl (C=O) groups excluding carboxylic acids is 1. The monoisotopic (exact) mass is 301 g/mol. The van der Waals surface area contributed by atoms with Crippen molar-refractivity contribution in [2.24, 2.45) is 0 Å². The summed E-state index contributed by atoms with van der Waals surface area (Å²) in [7, 11) is 0. The second-order valence-electron chi connectivity index (χ2n) is 5.45. The van der Waals surface area contributed by atoms with Crippen molar-refractivity contribution < 1.29 is 10.0 Å². The van der Waals surface area contributed by atoms with Crippen molar-refractivity contribution in [1.29, 1.82) is 0 Å². The third-order valence-corrected chi connectivity index (χ3v) is 3.56. The molecule has 1 aromatic rings. The molecule has 0 bridgehead atoms. The quantitative estimate of drug-likeness (QED) is 0.217. The van der Waals surface area contributed by atoms with Crippen LogP contribution in [0.2, 0.25) is 0 Å². The molecule has 0 aliphatic rings. The summed E-state index contributed by atoms with van der Waals surface area (Å²) in [6.45, 7) is 2.24. The fourth-order valence-corrected chi connectivity index (χ4v) is 2.25. The van der Waals surface area contributed by atoms with Gasteiger partial charge in [0, 0.05) is 6.08 Å². The first-order valence-electron chi connectivity index (χ1n) is 8.14. The van der Waals surface area contributed by atoms with Gasteiger partial charge in [0.1, 0.15) is 0 Å². The largest absolute Gasteiger partial charge is 0.288 e. The summed E-state index contributed by atoms with van der Waals surface area (Å²) in [4.78, 5) is 10.8. The predicted molar refractivity (Wildman–Crippen MR) is 91.6 cm³/mol. The molecule has 1 aromatic carbocycles. The van der Waals surface area contributed by atoms with E-state index in [1.54, 1.807) is 17.6 Å². The van der Waals surface area contributed by atoms with Crippen LogP contribution in [0.25, 0.3) is 6.08 Å². The van der Waals surface area contributed by atoms with Gasteiger partial charge < -0.3 is 0 Å². The maximum atomic E-state index is 10.8. The van der Waals surface area contributed by atoms with E-state index >= 15 is 0 Å². The number of aryl methyl sites for hydroxylation is 1. The highest BCUT2D eigenvalue weighted by atomic mass is 16.5. The summed E-state index contributed by atoms with van der Waals surface area (Å²) in [5, 5.41) is 8.34. The lowest BCUT2D eigenvalue weighted by Crippen LogP contribution is -2.14. The lowest BCUT2D eigenvalue weighted by atomic mass is 10.0. The molecule has 0 saturated carbocycles. The van der Waals surface area contributed by atoms with Gasteiger partial charge in [-0.2, -0.15) is 0 Å². The van der Waals surface area contributed by atoms with Crippen molar-refractivity contribution >= 4 is 12.0 Å². The molecule has 1 rings (SSSR count). The van der Waals surface area contributed by atoms with E-state index in [2.05, 4.69) is 31.2 Å². The second-order valence-corrected chi connectivity index (χ2v) is 5.45. The van der Waals surface area contributed by atoms with Crippen molar-refractivity contribution in [2.75, 3.05) is 0 Å². The molecule has 3 nitrogen and oxygen atoms in total. The molecule has 2 N–H and O–H groups in total. The molecule has 0 radical (unpaired) electrons. The molecule has 0 atom stereocenters. The first kappa shape index (κ1) is 18.2.